The molecule has 0 aliphatic carbocycles. The fourth-order valence-corrected chi connectivity index (χ4v) is 2.43. The zero-order valence-electron chi connectivity index (χ0n) is 12.1. The number of carbonyl (C=O) groups is 1. The highest BCUT2D eigenvalue weighted by Crippen LogP contribution is 2.17. The summed E-state index contributed by atoms with van der Waals surface area (Å²) in [5.74, 6) is -0.399. The van der Waals surface area contributed by atoms with E-state index in [1.54, 1.807) is 13.8 Å². The van der Waals surface area contributed by atoms with Crippen molar-refractivity contribution in [3.05, 3.63) is 23.8 Å². The van der Waals surface area contributed by atoms with Gasteiger partial charge < -0.3 is 15.8 Å². The van der Waals surface area contributed by atoms with Gasteiger partial charge in [-0.15, -0.1) is 0 Å². The molecule has 1 rings (SSSR count). The van der Waals surface area contributed by atoms with Gasteiger partial charge in [-0.3, -0.25) is 4.79 Å². The number of sulfone groups is 1. The largest absolute Gasteiger partial charge is 0.399 e. The van der Waals surface area contributed by atoms with Crippen LogP contribution in [0.15, 0.2) is 23.1 Å². The van der Waals surface area contributed by atoms with Gasteiger partial charge in [0, 0.05) is 24.6 Å². The highest BCUT2D eigenvalue weighted by atomic mass is 32.2. The van der Waals surface area contributed by atoms with Crippen molar-refractivity contribution in [1.29, 1.82) is 0 Å². The first kappa shape index (κ1) is 16.5. The van der Waals surface area contributed by atoms with Crippen molar-refractivity contribution in [2.24, 2.45) is 0 Å². The van der Waals surface area contributed by atoms with Gasteiger partial charge in [-0.05, 0) is 32.0 Å². The second-order valence-electron chi connectivity index (χ2n) is 5.33. The fourth-order valence-electron chi connectivity index (χ4n) is 1.74. The summed E-state index contributed by atoms with van der Waals surface area (Å²) in [4.78, 5) is 12.2. The predicted molar refractivity (Wildman–Crippen MR) is 77.4 cm³/mol. The molecule has 0 spiro atoms. The number of benzene rings is 1. The van der Waals surface area contributed by atoms with Gasteiger partial charge in [-0.1, -0.05) is 0 Å². The fraction of sp³-hybridized carbons (Fsp3) is 0.462. The molecule has 0 saturated heterocycles. The third-order valence-electron chi connectivity index (χ3n) is 2.58. The maximum absolute atomic E-state index is 12.1. The Morgan fingerprint density at radius 3 is 2.45 bits per heavy atom. The Hall–Kier alpha value is -1.60. The van der Waals surface area contributed by atoms with Gasteiger partial charge in [0.15, 0.2) is 9.84 Å². The van der Waals surface area contributed by atoms with E-state index in [4.69, 9.17) is 10.5 Å². The lowest BCUT2D eigenvalue weighted by molar-refractivity contribution is 0.0820. The molecule has 0 atom stereocenters. The number of rotatable bonds is 5. The van der Waals surface area contributed by atoms with Crippen molar-refractivity contribution in [2.75, 3.05) is 25.7 Å². The summed E-state index contributed by atoms with van der Waals surface area (Å²) in [6.07, 6.45) is 1.07. The van der Waals surface area contributed by atoms with Gasteiger partial charge in [-0.2, -0.15) is 0 Å². The monoisotopic (exact) mass is 300 g/mol. The van der Waals surface area contributed by atoms with Crippen molar-refractivity contribution in [1.82, 2.24) is 5.32 Å². The molecule has 0 aliphatic heterocycles. The molecule has 0 aromatic heterocycles. The van der Waals surface area contributed by atoms with Crippen LogP contribution in [0.4, 0.5) is 5.69 Å². The number of nitrogen functional groups attached to an aromatic ring is 1. The molecule has 1 amide bonds. The van der Waals surface area contributed by atoms with E-state index in [1.807, 2.05) is 0 Å². The molecule has 6 nitrogen and oxygen atoms in total. The van der Waals surface area contributed by atoms with Crippen LogP contribution in [0.3, 0.4) is 0 Å². The van der Waals surface area contributed by atoms with Crippen LogP contribution in [0.2, 0.25) is 0 Å². The zero-order valence-corrected chi connectivity index (χ0v) is 12.9. The molecule has 0 saturated carbocycles. The predicted octanol–water partition coefficient (Wildman–Crippen LogP) is 0.827. The van der Waals surface area contributed by atoms with Crippen LogP contribution in [-0.2, 0) is 14.6 Å². The van der Waals surface area contributed by atoms with Crippen LogP contribution >= 0.6 is 0 Å². The van der Waals surface area contributed by atoms with E-state index in [2.05, 4.69) is 5.32 Å². The van der Waals surface area contributed by atoms with Crippen LogP contribution in [0.25, 0.3) is 0 Å². The number of nitrogens with one attached hydrogen (secondary N) is 1. The SMILES string of the molecule is COCC(C)(C)NC(=O)c1cc(N)cc(S(C)(=O)=O)c1. The maximum Gasteiger partial charge on any atom is 0.251 e. The van der Waals surface area contributed by atoms with Crippen molar-refractivity contribution in [3.63, 3.8) is 0 Å². The summed E-state index contributed by atoms with van der Waals surface area (Å²) in [6, 6.07) is 4.07. The van der Waals surface area contributed by atoms with E-state index in [-0.39, 0.29) is 16.1 Å². The second-order valence-corrected chi connectivity index (χ2v) is 7.35. The molecule has 3 N–H and O–H groups in total. The van der Waals surface area contributed by atoms with Gasteiger partial charge >= 0.3 is 0 Å². The normalized spacial score (nSPS) is 12.2. The maximum atomic E-state index is 12.1. The molecule has 20 heavy (non-hydrogen) atoms. The van der Waals surface area contributed by atoms with Crippen LogP contribution < -0.4 is 11.1 Å². The molecule has 1 aromatic carbocycles. The number of methoxy groups -OCH3 is 1. The summed E-state index contributed by atoms with van der Waals surface area (Å²) in [7, 11) is -1.88. The Bertz CT molecular complexity index is 609. The summed E-state index contributed by atoms with van der Waals surface area (Å²) in [5.41, 5.74) is 5.51. The van der Waals surface area contributed by atoms with Crippen LogP contribution in [0.5, 0.6) is 0 Å². The van der Waals surface area contributed by atoms with E-state index in [0.717, 1.165) is 6.26 Å². The molecular formula is C13H20N2O4S. The van der Waals surface area contributed by atoms with Gasteiger partial charge in [0.25, 0.3) is 5.91 Å². The minimum atomic E-state index is -3.42. The van der Waals surface area contributed by atoms with Crippen LogP contribution in [0, 0.1) is 0 Å². The zero-order chi connectivity index (χ0) is 15.6. The van der Waals surface area contributed by atoms with E-state index in [0.29, 0.717) is 6.61 Å². The lowest BCUT2D eigenvalue weighted by Crippen LogP contribution is -2.46. The molecule has 0 aliphatic rings. The van der Waals surface area contributed by atoms with E-state index < -0.39 is 21.3 Å². The summed E-state index contributed by atoms with van der Waals surface area (Å²) in [6.45, 7) is 3.94. The summed E-state index contributed by atoms with van der Waals surface area (Å²) >= 11 is 0. The molecule has 7 heteroatoms. The van der Waals surface area contributed by atoms with Gasteiger partial charge in [-0.25, -0.2) is 8.42 Å². The Labute approximate surface area is 119 Å². The van der Waals surface area contributed by atoms with E-state index in [9.17, 15) is 13.2 Å². The van der Waals surface area contributed by atoms with Gasteiger partial charge in [0.2, 0.25) is 0 Å². The number of hydrogen-bond donors (Lipinski definition) is 2. The first-order valence-corrected chi connectivity index (χ1v) is 7.86. The van der Waals surface area contributed by atoms with Gasteiger partial charge in [0.1, 0.15) is 0 Å². The molecule has 0 heterocycles. The highest BCUT2D eigenvalue weighted by Gasteiger charge is 2.22. The molecule has 1 aromatic rings. The summed E-state index contributed by atoms with van der Waals surface area (Å²) < 4.78 is 28.1. The Morgan fingerprint density at radius 2 is 1.95 bits per heavy atom. The Balaban J connectivity index is 3.09. The molecule has 0 unspecified atom stereocenters. The first-order valence-electron chi connectivity index (χ1n) is 5.97. The Kier molecular flexibility index (Phi) is 4.77. The number of anilines is 1. The van der Waals surface area contributed by atoms with E-state index in [1.165, 1.54) is 25.3 Å². The number of ether oxygens (including phenoxy) is 1. The quantitative estimate of drug-likeness (QED) is 0.785. The van der Waals surface area contributed by atoms with Crippen LogP contribution in [-0.4, -0.2) is 39.8 Å². The highest BCUT2D eigenvalue weighted by molar-refractivity contribution is 7.90. The third kappa shape index (κ3) is 4.50. The second kappa shape index (κ2) is 5.80. The molecule has 0 bridgehead atoms. The standard InChI is InChI=1S/C13H20N2O4S/c1-13(2,8-19-3)15-12(16)9-5-10(14)7-11(6-9)20(4,17)18/h5-7H,8,14H2,1-4H3,(H,15,16). The average molecular weight is 300 g/mol. The van der Waals surface area contributed by atoms with Crippen molar-refractivity contribution < 1.29 is 17.9 Å². The van der Waals surface area contributed by atoms with Crippen molar-refractivity contribution in [3.8, 4) is 0 Å². The third-order valence-corrected chi connectivity index (χ3v) is 3.67. The van der Waals surface area contributed by atoms with E-state index >= 15 is 0 Å². The molecule has 112 valence electrons. The first-order chi connectivity index (χ1) is 9.05. The van der Waals surface area contributed by atoms with Gasteiger partial charge in [0.05, 0.1) is 17.0 Å². The lowest BCUT2D eigenvalue weighted by Gasteiger charge is -2.25. The minimum absolute atomic E-state index is 0.0206. The Morgan fingerprint density at radius 1 is 1.35 bits per heavy atom. The number of amides is 1. The molecule has 0 radical (unpaired) electrons. The average Bonchev–Trinajstić information content (AvgIpc) is 2.26. The number of hydrogen-bond acceptors (Lipinski definition) is 5. The number of carbonyl (C=O) groups excluding carboxylic acids is 1. The smallest absolute Gasteiger partial charge is 0.251 e. The minimum Gasteiger partial charge on any atom is -0.399 e. The molecular weight excluding hydrogens is 280 g/mol. The molecule has 0 fully saturated rings. The number of nitrogens with two attached hydrogens (primary N) is 1. The van der Waals surface area contributed by atoms with Crippen LogP contribution in [0.1, 0.15) is 24.2 Å². The topological polar surface area (TPSA) is 98.5 Å². The lowest BCUT2D eigenvalue weighted by atomic mass is 10.1. The van der Waals surface area contributed by atoms with Crippen molar-refractivity contribution >= 4 is 21.4 Å². The summed E-state index contributed by atoms with van der Waals surface area (Å²) in [5, 5.41) is 2.77. The van der Waals surface area contributed by atoms with Crippen molar-refractivity contribution in [2.45, 2.75) is 24.3 Å².